The summed E-state index contributed by atoms with van der Waals surface area (Å²) in [6.45, 7) is 1.84. The quantitative estimate of drug-likeness (QED) is 0.687. The summed E-state index contributed by atoms with van der Waals surface area (Å²) in [5.74, 6) is 2.21. The molecule has 0 fully saturated rings. The van der Waals surface area contributed by atoms with Crippen molar-refractivity contribution in [1.82, 2.24) is 10.2 Å². The number of halogens is 1. The smallest absolute Gasteiger partial charge is 0.257 e. The van der Waals surface area contributed by atoms with Crippen LogP contribution in [0.3, 0.4) is 0 Å². The number of ether oxygens (including phenoxy) is 2. The van der Waals surface area contributed by atoms with E-state index in [-0.39, 0.29) is 6.10 Å². The molecule has 0 bridgehead atoms. The Bertz CT molecular complexity index is 787. The lowest BCUT2D eigenvalue weighted by atomic mass is 10.2. The van der Waals surface area contributed by atoms with Gasteiger partial charge in [0.15, 0.2) is 6.10 Å². The van der Waals surface area contributed by atoms with Gasteiger partial charge >= 0.3 is 0 Å². The van der Waals surface area contributed by atoms with Crippen LogP contribution in [0.4, 0.5) is 0 Å². The Morgan fingerprint density at radius 2 is 1.70 bits per heavy atom. The first-order valence-electron chi connectivity index (χ1n) is 7.06. The van der Waals surface area contributed by atoms with E-state index in [9.17, 15) is 0 Å². The number of hydrogen-bond acceptors (Lipinski definition) is 5. The highest BCUT2D eigenvalue weighted by Gasteiger charge is 2.17. The van der Waals surface area contributed by atoms with Gasteiger partial charge in [-0.25, -0.2) is 0 Å². The fraction of sp³-hybridized carbons (Fsp3) is 0.176. The molecule has 0 saturated carbocycles. The number of methoxy groups -OCH3 is 1. The molecule has 0 spiro atoms. The lowest BCUT2D eigenvalue weighted by Crippen LogP contribution is -2.03. The highest BCUT2D eigenvalue weighted by molar-refractivity contribution is 6.33. The number of hydrogen-bond donors (Lipinski definition) is 0. The fourth-order valence-electron chi connectivity index (χ4n) is 2.05. The summed E-state index contributed by atoms with van der Waals surface area (Å²) >= 11 is 6.14. The molecule has 6 heteroatoms. The van der Waals surface area contributed by atoms with E-state index in [4.69, 9.17) is 25.5 Å². The molecule has 0 aliphatic rings. The van der Waals surface area contributed by atoms with E-state index in [1.807, 2.05) is 49.4 Å². The standard InChI is InChI=1S/C17H15ClN2O3/c1-11(22-13-9-7-12(21-2)8-10-13)16-19-20-17(23-16)14-5-3-4-6-15(14)18/h3-11H,1-2H3. The monoisotopic (exact) mass is 330 g/mol. The second-order valence-corrected chi connectivity index (χ2v) is 5.27. The molecule has 0 aliphatic carbocycles. The molecular weight excluding hydrogens is 316 g/mol. The minimum absolute atomic E-state index is 0.371. The van der Waals surface area contributed by atoms with Crippen LogP contribution in [0.15, 0.2) is 52.9 Å². The molecule has 2 aromatic carbocycles. The number of rotatable bonds is 5. The number of aromatic nitrogens is 2. The Morgan fingerprint density at radius 1 is 1.00 bits per heavy atom. The normalized spacial score (nSPS) is 12.0. The topological polar surface area (TPSA) is 57.4 Å². The van der Waals surface area contributed by atoms with Crippen LogP contribution in [-0.4, -0.2) is 17.3 Å². The van der Waals surface area contributed by atoms with Gasteiger partial charge < -0.3 is 13.9 Å². The zero-order valence-corrected chi connectivity index (χ0v) is 13.4. The van der Waals surface area contributed by atoms with Gasteiger partial charge in [-0.2, -0.15) is 0 Å². The van der Waals surface area contributed by atoms with Crippen molar-refractivity contribution < 1.29 is 13.9 Å². The zero-order chi connectivity index (χ0) is 16.2. The molecule has 3 aromatic rings. The molecule has 0 radical (unpaired) electrons. The van der Waals surface area contributed by atoms with Crippen LogP contribution < -0.4 is 9.47 Å². The maximum absolute atomic E-state index is 6.14. The van der Waals surface area contributed by atoms with Gasteiger partial charge in [-0.3, -0.25) is 0 Å². The number of benzene rings is 2. The van der Waals surface area contributed by atoms with E-state index in [1.54, 1.807) is 13.2 Å². The van der Waals surface area contributed by atoms with E-state index in [2.05, 4.69) is 10.2 Å². The Labute approximate surface area is 138 Å². The molecule has 1 heterocycles. The highest BCUT2D eigenvalue weighted by Crippen LogP contribution is 2.29. The molecule has 0 amide bonds. The SMILES string of the molecule is COc1ccc(OC(C)c2nnc(-c3ccccc3Cl)o2)cc1. The largest absolute Gasteiger partial charge is 0.497 e. The van der Waals surface area contributed by atoms with Crippen LogP contribution in [0.1, 0.15) is 18.9 Å². The number of nitrogens with zero attached hydrogens (tertiary/aromatic N) is 2. The van der Waals surface area contributed by atoms with Crippen molar-refractivity contribution in [2.45, 2.75) is 13.0 Å². The minimum atomic E-state index is -0.382. The average Bonchev–Trinajstić information content (AvgIpc) is 3.06. The van der Waals surface area contributed by atoms with Crippen molar-refractivity contribution in [3.63, 3.8) is 0 Å². The first-order valence-corrected chi connectivity index (χ1v) is 7.44. The summed E-state index contributed by atoms with van der Waals surface area (Å²) in [6.07, 6.45) is -0.382. The highest BCUT2D eigenvalue weighted by atomic mass is 35.5. The molecular formula is C17H15ClN2O3. The summed E-state index contributed by atoms with van der Waals surface area (Å²) in [7, 11) is 1.62. The first kappa shape index (κ1) is 15.4. The van der Waals surface area contributed by atoms with Gasteiger partial charge in [0, 0.05) is 0 Å². The van der Waals surface area contributed by atoms with Gasteiger partial charge in [0.25, 0.3) is 5.89 Å². The fourth-order valence-corrected chi connectivity index (χ4v) is 2.27. The zero-order valence-electron chi connectivity index (χ0n) is 12.7. The van der Waals surface area contributed by atoms with Crippen molar-refractivity contribution in [3.05, 3.63) is 59.4 Å². The first-order chi connectivity index (χ1) is 11.2. The Morgan fingerprint density at radius 3 is 2.39 bits per heavy atom. The lowest BCUT2D eigenvalue weighted by Gasteiger charge is -2.11. The maximum atomic E-state index is 6.14. The molecule has 0 N–H and O–H groups in total. The molecule has 1 atom stereocenters. The van der Waals surface area contributed by atoms with Gasteiger partial charge in [0.05, 0.1) is 17.7 Å². The van der Waals surface area contributed by atoms with Crippen LogP contribution in [0.5, 0.6) is 11.5 Å². The molecule has 118 valence electrons. The van der Waals surface area contributed by atoms with E-state index in [0.29, 0.717) is 28.1 Å². The van der Waals surface area contributed by atoms with E-state index in [0.717, 1.165) is 5.75 Å². The minimum Gasteiger partial charge on any atom is -0.497 e. The summed E-state index contributed by atoms with van der Waals surface area (Å²) in [5, 5.41) is 8.64. The van der Waals surface area contributed by atoms with Crippen molar-refractivity contribution in [1.29, 1.82) is 0 Å². The third-order valence-electron chi connectivity index (χ3n) is 3.26. The Hall–Kier alpha value is -2.53. The molecule has 5 nitrogen and oxygen atoms in total. The van der Waals surface area contributed by atoms with Gasteiger partial charge in [-0.1, -0.05) is 23.7 Å². The molecule has 0 aliphatic heterocycles. The Balaban J connectivity index is 1.75. The molecule has 0 saturated heterocycles. The second-order valence-electron chi connectivity index (χ2n) is 4.86. The lowest BCUT2D eigenvalue weighted by molar-refractivity contribution is 0.189. The van der Waals surface area contributed by atoms with Crippen LogP contribution in [-0.2, 0) is 0 Å². The van der Waals surface area contributed by atoms with Crippen LogP contribution in [0.2, 0.25) is 5.02 Å². The van der Waals surface area contributed by atoms with Crippen molar-refractivity contribution >= 4 is 11.6 Å². The predicted molar refractivity (Wildman–Crippen MR) is 86.8 cm³/mol. The summed E-state index contributed by atoms with van der Waals surface area (Å²) < 4.78 is 16.6. The predicted octanol–water partition coefficient (Wildman–Crippen LogP) is 4.54. The van der Waals surface area contributed by atoms with E-state index < -0.39 is 0 Å². The van der Waals surface area contributed by atoms with Crippen molar-refractivity contribution in [3.8, 4) is 23.0 Å². The van der Waals surface area contributed by atoms with Gasteiger partial charge in [0.1, 0.15) is 11.5 Å². The Kier molecular flexibility index (Phi) is 4.48. The van der Waals surface area contributed by atoms with Gasteiger partial charge in [-0.05, 0) is 43.3 Å². The molecule has 3 rings (SSSR count). The summed E-state index contributed by atoms with van der Waals surface area (Å²) in [4.78, 5) is 0. The summed E-state index contributed by atoms with van der Waals surface area (Å²) in [6, 6.07) is 14.6. The molecule has 23 heavy (non-hydrogen) atoms. The molecule has 1 unspecified atom stereocenters. The van der Waals surface area contributed by atoms with Crippen molar-refractivity contribution in [2.24, 2.45) is 0 Å². The van der Waals surface area contributed by atoms with Crippen LogP contribution >= 0.6 is 11.6 Å². The maximum Gasteiger partial charge on any atom is 0.257 e. The van der Waals surface area contributed by atoms with E-state index in [1.165, 1.54) is 0 Å². The third kappa shape index (κ3) is 3.46. The molecule has 1 aromatic heterocycles. The van der Waals surface area contributed by atoms with Crippen LogP contribution in [0, 0.1) is 0 Å². The van der Waals surface area contributed by atoms with Crippen molar-refractivity contribution in [2.75, 3.05) is 7.11 Å². The average molecular weight is 331 g/mol. The van der Waals surface area contributed by atoms with E-state index >= 15 is 0 Å². The summed E-state index contributed by atoms with van der Waals surface area (Å²) in [5.41, 5.74) is 0.699. The third-order valence-corrected chi connectivity index (χ3v) is 3.59. The van der Waals surface area contributed by atoms with Crippen LogP contribution in [0.25, 0.3) is 11.5 Å². The second kappa shape index (κ2) is 6.71. The van der Waals surface area contributed by atoms with Gasteiger partial charge in [0.2, 0.25) is 5.89 Å². The van der Waals surface area contributed by atoms with Gasteiger partial charge in [-0.15, -0.1) is 10.2 Å².